The molecule has 0 radical (unpaired) electrons. The molecule has 0 bridgehead atoms. The van der Waals surface area contributed by atoms with Gasteiger partial charge in [0.05, 0.1) is 17.4 Å². The lowest BCUT2D eigenvalue weighted by molar-refractivity contribution is -0.131. The third kappa shape index (κ3) is 3.04. The summed E-state index contributed by atoms with van der Waals surface area (Å²) in [7, 11) is 0. The third-order valence-corrected chi connectivity index (χ3v) is 2.79. The quantitative estimate of drug-likeness (QED) is 0.512. The molecule has 0 atom stereocenters. The number of anilines is 2. The smallest absolute Gasteiger partial charge is 0.377 e. The zero-order valence-corrected chi connectivity index (χ0v) is 11.3. The number of para-hydroxylation sites is 1. The molecule has 2 rings (SSSR count). The van der Waals surface area contributed by atoms with Crippen molar-refractivity contribution in [2.24, 2.45) is 0 Å². The van der Waals surface area contributed by atoms with Crippen LogP contribution in [-0.4, -0.2) is 26.8 Å². The van der Waals surface area contributed by atoms with Gasteiger partial charge in [-0.25, -0.2) is 9.78 Å². The lowest BCUT2D eigenvalue weighted by atomic mass is 10.1. The highest BCUT2D eigenvalue weighted by atomic mass is 35.5. The molecule has 0 aliphatic rings. The molecule has 20 heavy (non-hydrogen) atoms. The number of ketones is 1. The fourth-order valence-corrected chi connectivity index (χ4v) is 1.74. The van der Waals surface area contributed by atoms with Crippen molar-refractivity contribution in [1.82, 2.24) is 9.97 Å². The highest BCUT2D eigenvalue weighted by Crippen LogP contribution is 2.26. The molecule has 102 valence electrons. The van der Waals surface area contributed by atoms with Crippen LogP contribution in [-0.2, 0) is 4.79 Å². The molecule has 2 N–H and O–H groups in total. The van der Waals surface area contributed by atoms with Crippen LogP contribution in [0.2, 0.25) is 10.3 Å². The Morgan fingerprint density at radius 3 is 2.60 bits per heavy atom. The highest BCUT2D eigenvalue weighted by Gasteiger charge is 2.18. The van der Waals surface area contributed by atoms with Gasteiger partial charge in [0.1, 0.15) is 5.02 Å². The van der Waals surface area contributed by atoms with Gasteiger partial charge in [0, 0.05) is 0 Å². The lowest BCUT2D eigenvalue weighted by Gasteiger charge is -2.10. The number of hydrogen-bond donors (Lipinski definition) is 2. The summed E-state index contributed by atoms with van der Waals surface area (Å²) < 4.78 is 0. The number of nitrogens with zero attached hydrogens (tertiary/aromatic N) is 2. The maximum Gasteiger partial charge on any atom is 0.377 e. The molecule has 0 amide bonds. The van der Waals surface area contributed by atoms with Crippen LogP contribution in [0.5, 0.6) is 0 Å². The minimum Gasteiger partial charge on any atom is -0.475 e. The van der Waals surface area contributed by atoms with Crippen LogP contribution in [0.25, 0.3) is 0 Å². The van der Waals surface area contributed by atoms with Crippen LogP contribution in [0.4, 0.5) is 11.5 Å². The summed E-state index contributed by atoms with van der Waals surface area (Å²) in [5.74, 6) is -2.41. The molecule has 0 unspecified atom stereocenters. The average Bonchev–Trinajstić information content (AvgIpc) is 2.42. The Labute approximate surface area is 123 Å². The first-order valence-corrected chi connectivity index (χ1v) is 6.06. The summed E-state index contributed by atoms with van der Waals surface area (Å²) in [4.78, 5) is 29.9. The molecule has 0 spiro atoms. The van der Waals surface area contributed by atoms with Crippen LogP contribution in [0, 0.1) is 0 Å². The molecule has 0 aliphatic carbocycles. The van der Waals surface area contributed by atoms with Gasteiger partial charge in [-0.15, -0.1) is 0 Å². The van der Waals surface area contributed by atoms with Crippen molar-refractivity contribution in [2.75, 3.05) is 5.32 Å². The summed E-state index contributed by atoms with van der Waals surface area (Å²) in [5, 5.41) is 11.7. The van der Waals surface area contributed by atoms with Gasteiger partial charge in [-0.2, -0.15) is 4.98 Å². The fourth-order valence-electron chi connectivity index (χ4n) is 1.47. The number of Topliss-reactive ketones (excluding diaryl/α,β-unsaturated/α-hetero) is 1. The van der Waals surface area contributed by atoms with E-state index in [-0.39, 0.29) is 27.4 Å². The molecule has 8 heteroatoms. The van der Waals surface area contributed by atoms with Crippen molar-refractivity contribution < 1.29 is 14.7 Å². The van der Waals surface area contributed by atoms with Gasteiger partial charge in [-0.1, -0.05) is 23.7 Å². The first kappa shape index (κ1) is 14.2. The summed E-state index contributed by atoms with van der Waals surface area (Å²) in [6.07, 6.45) is 1.29. The number of benzene rings is 1. The largest absolute Gasteiger partial charge is 0.475 e. The Kier molecular flexibility index (Phi) is 4.16. The summed E-state index contributed by atoms with van der Waals surface area (Å²) in [6.45, 7) is 0. The maximum atomic E-state index is 11.6. The van der Waals surface area contributed by atoms with Crippen molar-refractivity contribution in [3.05, 3.63) is 46.3 Å². The van der Waals surface area contributed by atoms with E-state index < -0.39 is 11.8 Å². The third-order valence-electron chi connectivity index (χ3n) is 2.33. The number of carbonyl (C=O) groups is 2. The molecule has 0 saturated carbocycles. The number of carboxylic acids is 1. The number of aliphatic carboxylic acids is 1. The molecule has 1 heterocycles. The van der Waals surface area contributed by atoms with Crippen LogP contribution in [0.15, 0.2) is 30.5 Å². The van der Waals surface area contributed by atoms with Crippen LogP contribution < -0.4 is 5.32 Å². The number of carbonyl (C=O) groups excluding carboxylic acids is 1. The van der Waals surface area contributed by atoms with E-state index in [2.05, 4.69) is 15.3 Å². The molecule has 0 fully saturated rings. The minimum atomic E-state index is -1.55. The van der Waals surface area contributed by atoms with E-state index in [4.69, 9.17) is 28.3 Å². The van der Waals surface area contributed by atoms with Gasteiger partial charge in [0.2, 0.25) is 5.28 Å². The predicted molar refractivity (Wildman–Crippen MR) is 73.7 cm³/mol. The molecule has 1 aromatic carbocycles. The SMILES string of the molecule is O=C(O)C(=O)c1ccccc1Nc1nc(Cl)ncc1Cl. The minimum absolute atomic E-state index is 0.00852. The highest BCUT2D eigenvalue weighted by molar-refractivity contribution is 6.41. The van der Waals surface area contributed by atoms with Gasteiger partial charge in [-0.05, 0) is 23.7 Å². The van der Waals surface area contributed by atoms with Crippen LogP contribution in [0.1, 0.15) is 10.4 Å². The van der Waals surface area contributed by atoms with Gasteiger partial charge in [0.15, 0.2) is 5.82 Å². The summed E-state index contributed by atoms with van der Waals surface area (Å²) in [6, 6.07) is 6.10. The summed E-state index contributed by atoms with van der Waals surface area (Å²) >= 11 is 11.5. The first-order chi connectivity index (χ1) is 9.49. The normalized spacial score (nSPS) is 10.1. The average molecular weight is 312 g/mol. The Morgan fingerprint density at radius 1 is 1.20 bits per heavy atom. The van der Waals surface area contributed by atoms with E-state index in [0.717, 1.165) is 0 Å². The topological polar surface area (TPSA) is 92.2 Å². The number of carboxylic acid groups (broad SMARTS) is 1. The van der Waals surface area contributed by atoms with Crippen molar-refractivity contribution in [1.29, 1.82) is 0 Å². The Hall–Kier alpha value is -2.18. The van der Waals surface area contributed by atoms with Gasteiger partial charge >= 0.3 is 5.97 Å². The molecule has 2 aromatic rings. The van der Waals surface area contributed by atoms with E-state index >= 15 is 0 Å². The predicted octanol–water partition coefficient (Wildman–Crippen LogP) is 2.79. The number of nitrogens with one attached hydrogen (secondary N) is 1. The summed E-state index contributed by atoms with van der Waals surface area (Å²) in [5.41, 5.74) is 0.252. The Balaban J connectivity index is 2.41. The van der Waals surface area contributed by atoms with Crippen molar-refractivity contribution in [2.45, 2.75) is 0 Å². The molecule has 1 aromatic heterocycles. The number of halogens is 2. The Bertz CT molecular complexity index is 691. The second-order valence-corrected chi connectivity index (χ2v) is 4.39. The second-order valence-electron chi connectivity index (χ2n) is 3.64. The number of aromatic nitrogens is 2. The molecule has 0 saturated heterocycles. The molecule has 0 aliphatic heterocycles. The van der Waals surface area contributed by atoms with Gasteiger partial charge < -0.3 is 10.4 Å². The van der Waals surface area contributed by atoms with E-state index in [0.29, 0.717) is 0 Å². The first-order valence-electron chi connectivity index (χ1n) is 5.30. The molecular weight excluding hydrogens is 305 g/mol. The van der Waals surface area contributed by atoms with Crippen molar-refractivity contribution in [3.63, 3.8) is 0 Å². The van der Waals surface area contributed by atoms with Crippen LogP contribution >= 0.6 is 23.2 Å². The van der Waals surface area contributed by atoms with Crippen molar-refractivity contribution >= 4 is 46.5 Å². The zero-order chi connectivity index (χ0) is 14.7. The van der Waals surface area contributed by atoms with Crippen LogP contribution in [0.3, 0.4) is 0 Å². The van der Waals surface area contributed by atoms with E-state index in [1.807, 2.05) is 0 Å². The maximum absolute atomic E-state index is 11.6. The van der Waals surface area contributed by atoms with E-state index in [1.54, 1.807) is 12.1 Å². The monoisotopic (exact) mass is 311 g/mol. The number of rotatable bonds is 4. The Morgan fingerprint density at radius 2 is 1.90 bits per heavy atom. The fraction of sp³-hybridized carbons (Fsp3) is 0. The van der Waals surface area contributed by atoms with Gasteiger partial charge in [0.25, 0.3) is 5.78 Å². The van der Waals surface area contributed by atoms with E-state index in [9.17, 15) is 9.59 Å². The lowest BCUT2D eigenvalue weighted by Crippen LogP contribution is -2.14. The van der Waals surface area contributed by atoms with Crippen molar-refractivity contribution in [3.8, 4) is 0 Å². The molecule has 6 nitrogen and oxygen atoms in total. The van der Waals surface area contributed by atoms with E-state index in [1.165, 1.54) is 18.3 Å². The standard InChI is InChI=1S/C12H7Cl2N3O3/c13-7-5-15-12(14)17-10(7)16-8-4-2-1-3-6(8)9(18)11(19)20/h1-5H,(H,19,20)(H,15,16,17). The molecular formula is C12H7Cl2N3O3. The van der Waals surface area contributed by atoms with Gasteiger partial charge in [-0.3, -0.25) is 4.79 Å². The zero-order valence-electron chi connectivity index (χ0n) is 9.80. The number of hydrogen-bond acceptors (Lipinski definition) is 5. The second kappa shape index (κ2) is 5.85.